The number of aliphatic hydroxyl groups excluding tert-OH is 2. The fourth-order valence-corrected chi connectivity index (χ4v) is 1.16. The number of nitrogens with one attached hydrogen (secondary N) is 1. The number of carbonyl (C=O) groups excluding carboxylic acids is 2. The van der Waals surface area contributed by atoms with Crippen molar-refractivity contribution in [3.63, 3.8) is 0 Å². The Morgan fingerprint density at radius 2 is 1.88 bits per heavy atom. The second-order valence-corrected chi connectivity index (χ2v) is 3.55. The van der Waals surface area contributed by atoms with E-state index in [0.717, 1.165) is 26.4 Å². The van der Waals surface area contributed by atoms with Crippen LogP contribution in [0.5, 0.6) is 0 Å². The number of ether oxygens (including phenoxy) is 1. The number of methoxy groups -OCH3 is 1. The largest absolute Gasteiger partial charge is 0.467 e. The molecule has 0 aliphatic carbocycles. The Morgan fingerprint density at radius 3 is 2.41 bits per heavy atom. The van der Waals surface area contributed by atoms with Crippen molar-refractivity contribution in [2.75, 3.05) is 20.2 Å². The molecule has 7 nitrogen and oxygen atoms in total. The number of nitrogens with two attached hydrogens (primary N) is 1. The first kappa shape index (κ1) is 15.8. The second kappa shape index (κ2) is 8.91. The second-order valence-electron chi connectivity index (χ2n) is 3.55. The van der Waals surface area contributed by atoms with E-state index in [0.29, 0.717) is 13.1 Å². The summed E-state index contributed by atoms with van der Waals surface area (Å²) in [6.07, 6.45) is -1.21. The highest BCUT2D eigenvalue weighted by atomic mass is 16.5. The van der Waals surface area contributed by atoms with Crippen molar-refractivity contribution in [3.05, 3.63) is 0 Å². The van der Waals surface area contributed by atoms with Gasteiger partial charge in [-0.05, 0) is 19.4 Å². The molecule has 1 amide bonds. The third kappa shape index (κ3) is 6.20. The zero-order valence-electron chi connectivity index (χ0n) is 9.89. The molecule has 7 heteroatoms. The Bertz CT molecular complexity index is 247. The van der Waals surface area contributed by atoms with Crippen molar-refractivity contribution in [3.8, 4) is 0 Å². The van der Waals surface area contributed by atoms with Gasteiger partial charge in [0.2, 0.25) is 0 Å². The van der Waals surface area contributed by atoms with Gasteiger partial charge >= 0.3 is 5.97 Å². The monoisotopic (exact) mass is 248 g/mol. The van der Waals surface area contributed by atoms with E-state index >= 15 is 0 Å². The molecule has 2 unspecified atom stereocenters. The number of unbranched alkanes of at least 4 members (excludes halogenated alkanes) is 2. The number of hydrogen-bond donors (Lipinski definition) is 4. The average molecular weight is 248 g/mol. The van der Waals surface area contributed by atoms with Gasteiger partial charge in [0, 0.05) is 6.54 Å². The number of carbonyl (C=O) groups is 2. The summed E-state index contributed by atoms with van der Waals surface area (Å²) in [6.45, 7) is 0.960. The summed E-state index contributed by atoms with van der Waals surface area (Å²) in [5.41, 5.74) is 5.30. The van der Waals surface area contributed by atoms with Crippen molar-refractivity contribution in [1.29, 1.82) is 0 Å². The zero-order chi connectivity index (χ0) is 13.3. The van der Waals surface area contributed by atoms with E-state index in [1.807, 2.05) is 0 Å². The molecule has 0 rings (SSSR count). The number of rotatable bonds is 8. The van der Waals surface area contributed by atoms with Gasteiger partial charge in [0.15, 0.2) is 12.2 Å². The van der Waals surface area contributed by atoms with Crippen LogP contribution < -0.4 is 11.1 Å². The summed E-state index contributed by atoms with van der Waals surface area (Å²) < 4.78 is 4.20. The van der Waals surface area contributed by atoms with E-state index in [4.69, 9.17) is 5.73 Å². The Morgan fingerprint density at radius 1 is 1.24 bits per heavy atom. The molecule has 0 saturated carbocycles. The maximum absolute atomic E-state index is 11.3. The predicted octanol–water partition coefficient (Wildman–Crippen LogP) is -1.87. The molecule has 5 N–H and O–H groups in total. The summed E-state index contributed by atoms with van der Waals surface area (Å²) >= 11 is 0. The smallest absolute Gasteiger partial charge is 0.338 e. The minimum Gasteiger partial charge on any atom is -0.467 e. The first-order valence-corrected chi connectivity index (χ1v) is 5.46. The van der Waals surface area contributed by atoms with Gasteiger partial charge in [-0.15, -0.1) is 0 Å². The molecular weight excluding hydrogens is 228 g/mol. The summed E-state index contributed by atoms with van der Waals surface area (Å²) in [5, 5.41) is 20.9. The van der Waals surface area contributed by atoms with Crippen LogP contribution in [0.3, 0.4) is 0 Å². The van der Waals surface area contributed by atoms with Gasteiger partial charge in [-0.25, -0.2) is 4.79 Å². The van der Waals surface area contributed by atoms with E-state index in [1.165, 1.54) is 0 Å². The van der Waals surface area contributed by atoms with E-state index < -0.39 is 24.1 Å². The van der Waals surface area contributed by atoms with E-state index in [9.17, 15) is 19.8 Å². The fourth-order valence-electron chi connectivity index (χ4n) is 1.16. The Labute approximate surface area is 99.9 Å². The van der Waals surface area contributed by atoms with Gasteiger partial charge in [-0.1, -0.05) is 6.42 Å². The number of aliphatic hydroxyl groups is 2. The minimum absolute atomic E-state index is 0.365. The lowest BCUT2D eigenvalue weighted by Gasteiger charge is -2.15. The molecule has 0 fully saturated rings. The Hall–Kier alpha value is -1.18. The molecule has 0 aromatic heterocycles. The van der Waals surface area contributed by atoms with Crippen LogP contribution in [0.2, 0.25) is 0 Å². The van der Waals surface area contributed by atoms with Crippen LogP contribution in [0, 0.1) is 0 Å². The SMILES string of the molecule is COC(=O)C(O)C(O)C(=O)NCCCCCN. The van der Waals surface area contributed by atoms with Crippen LogP contribution in [-0.2, 0) is 14.3 Å². The summed E-state index contributed by atoms with van der Waals surface area (Å²) in [4.78, 5) is 22.1. The van der Waals surface area contributed by atoms with Crippen LogP contribution in [0.25, 0.3) is 0 Å². The lowest BCUT2D eigenvalue weighted by atomic mass is 10.2. The van der Waals surface area contributed by atoms with Crippen LogP contribution in [0.4, 0.5) is 0 Å². The normalized spacial score (nSPS) is 13.9. The molecule has 0 aliphatic rings. The lowest BCUT2D eigenvalue weighted by molar-refractivity contribution is -0.161. The molecule has 0 saturated heterocycles. The van der Waals surface area contributed by atoms with Crippen LogP contribution in [0.15, 0.2) is 0 Å². The van der Waals surface area contributed by atoms with Crippen LogP contribution >= 0.6 is 0 Å². The van der Waals surface area contributed by atoms with Crippen LogP contribution in [-0.4, -0.2) is 54.5 Å². The topological polar surface area (TPSA) is 122 Å². The molecule has 0 spiro atoms. The molecule has 2 atom stereocenters. The Kier molecular flexibility index (Phi) is 8.29. The highest BCUT2D eigenvalue weighted by molar-refractivity contribution is 5.88. The highest BCUT2D eigenvalue weighted by Gasteiger charge is 2.30. The van der Waals surface area contributed by atoms with Crippen molar-refractivity contribution in [2.24, 2.45) is 5.73 Å². The summed E-state index contributed by atoms with van der Waals surface area (Å²) in [5.74, 6) is -1.84. The fraction of sp³-hybridized carbons (Fsp3) is 0.800. The minimum atomic E-state index is -1.86. The summed E-state index contributed by atoms with van der Waals surface area (Å²) in [6, 6.07) is 0. The maximum Gasteiger partial charge on any atom is 0.338 e. The third-order valence-corrected chi connectivity index (χ3v) is 2.19. The first-order valence-electron chi connectivity index (χ1n) is 5.46. The van der Waals surface area contributed by atoms with Crippen molar-refractivity contribution >= 4 is 11.9 Å². The number of esters is 1. The van der Waals surface area contributed by atoms with Crippen molar-refractivity contribution in [2.45, 2.75) is 31.5 Å². The van der Waals surface area contributed by atoms with Crippen LogP contribution in [0.1, 0.15) is 19.3 Å². The number of amides is 1. The summed E-state index contributed by atoms with van der Waals surface area (Å²) in [7, 11) is 1.06. The van der Waals surface area contributed by atoms with Gasteiger partial charge in [0.25, 0.3) is 5.91 Å². The molecule has 0 heterocycles. The molecule has 0 aromatic rings. The molecule has 100 valence electrons. The zero-order valence-corrected chi connectivity index (χ0v) is 9.89. The van der Waals surface area contributed by atoms with Gasteiger partial charge in [0.05, 0.1) is 7.11 Å². The predicted molar refractivity (Wildman–Crippen MR) is 59.9 cm³/mol. The van der Waals surface area contributed by atoms with E-state index in [2.05, 4.69) is 10.1 Å². The van der Waals surface area contributed by atoms with Crippen molar-refractivity contribution in [1.82, 2.24) is 5.32 Å². The third-order valence-electron chi connectivity index (χ3n) is 2.19. The van der Waals surface area contributed by atoms with Gasteiger partial charge < -0.3 is 26.0 Å². The van der Waals surface area contributed by atoms with E-state index in [-0.39, 0.29) is 0 Å². The van der Waals surface area contributed by atoms with Crippen molar-refractivity contribution < 1.29 is 24.5 Å². The Balaban J connectivity index is 3.85. The molecule has 0 bridgehead atoms. The maximum atomic E-state index is 11.3. The van der Waals surface area contributed by atoms with Gasteiger partial charge in [0.1, 0.15) is 0 Å². The van der Waals surface area contributed by atoms with Gasteiger partial charge in [-0.3, -0.25) is 4.79 Å². The molecule has 0 radical (unpaired) electrons. The molecule has 0 aliphatic heterocycles. The number of hydrogen-bond acceptors (Lipinski definition) is 6. The first-order chi connectivity index (χ1) is 8.04. The highest BCUT2D eigenvalue weighted by Crippen LogP contribution is 1.97. The molecule has 0 aromatic carbocycles. The lowest BCUT2D eigenvalue weighted by Crippen LogP contribution is -2.46. The average Bonchev–Trinajstić information content (AvgIpc) is 2.35. The van der Waals surface area contributed by atoms with E-state index in [1.54, 1.807) is 0 Å². The standard InChI is InChI=1S/C10H20N2O5/c1-17-10(16)8(14)7(13)9(15)12-6-4-2-3-5-11/h7-8,13-14H,2-6,11H2,1H3,(H,12,15). The molecular formula is C10H20N2O5. The molecule has 17 heavy (non-hydrogen) atoms. The quantitative estimate of drug-likeness (QED) is 0.295. The van der Waals surface area contributed by atoms with Gasteiger partial charge in [-0.2, -0.15) is 0 Å².